The van der Waals surface area contributed by atoms with Gasteiger partial charge in [0.15, 0.2) is 11.5 Å². The fourth-order valence-corrected chi connectivity index (χ4v) is 2.85. The molecule has 0 fully saturated rings. The van der Waals surface area contributed by atoms with Crippen LogP contribution < -0.4 is 15.2 Å². The third-order valence-electron chi connectivity index (χ3n) is 5.86. The molecule has 12 heteroatoms. The van der Waals surface area contributed by atoms with E-state index in [0.717, 1.165) is 6.42 Å². The molecule has 0 saturated carbocycles. The summed E-state index contributed by atoms with van der Waals surface area (Å²) in [4.78, 5) is 48.8. The van der Waals surface area contributed by atoms with E-state index in [2.05, 4.69) is 0 Å². The predicted molar refractivity (Wildman–Crippen MR) is 144 cm³/mol. The molecule has 1 aromatic carbocycles. The SMILES string of the molecule is CCCCOC(=O)O[C@@H](C)[C@H](C)OC(=O)[C@@H](N)Cc1ccc(OC(=O)OC(C)CC)c(OC(=O)OC(C)CC)c1. The Morgan fingerprint density at radius 3 is 1.85 bits per heavy atom. The lowest BCUT2D eigenvalue weighted by Gasteiger charge is -2.22. The monoisotopic (exact) mass is 569 g/mol. The van der Waals surface area contributed by atoms with Crippen LogP contribution in [-0.2, 0) is 34.9 Å². The number of esters is 1. The van der Waals surface area contributed by atoms with Crippen LogP contribution in [0.25, 0.3) is 0 Å². The minimum absolute atomic E-state index is 0.00574. The topological polar surface area (TPSA) is 159 Å². The first-order valence-electron chi connectivity index (χ1n) is 13.6. The smallest absolute Gasteiger partial charge is 0.458 e. The van der Waals surface area contributed by atoms with Gasteiger partial charge in [-0.1, -0.05) is 33.3 Å². The number of carbonyl (C=O) groups is 4. The number of hydrogen-bond acceptors (Lipinski definition) is 12. The minimum Gasteiger partial charge on any atom is -0.458 e. The van der Waals surface area contributed by atoms with Gasteiger partial charge in [-0.15, -0.1) is 0 Å². The molecule has 0 amide bonds. The Kier molecular flexibility index (Phi) is 15.5. The van der Waals surface area contributed by atoms with Crippen molar-refractivity contribution in [2.75, 3.05) is 6.61 Å². The summed E-state index contributed by atoms with van der Waals surface area (Å²) < 4.78 is 36.2. The molecule has 0 radical (unpaired) electrons. The third kappa shape index (κ3) is 13.0. The predicted octanol–water partition coefficient (Wildman–Crippen LogP) is 5.46. The Hall–Kier alpha value is -3.54. The minimum atomic E-state index is -1.10. The lowest BCUT2D eigenvalue weighted by Crippen LogP contribution is -2.39. The van der Waals surface area contributed by atoms with Crippen molar-refractivity contribution >= 4 is 24.4 Å². The zero-order valence-corrected chi connectivity index (χ0v) is 24.4. The van der Waals surface area contributed by atoms with Crippen molar-refractivity contribution in [3.63, 3.8) is 0 Å². The van der Waals surface area contributed by atoms with Crippen molar-refractivity contribution in [3.05, 3.63) is 23.8 Å². The summed E-state index contributed by atoms with van der Waals surface area (Å²) in [6.07, 6.45) is -2.42. The molecule has 0 bridgehead atoms. The summed E-state index contributed by atoms with van der Waals surface area (Å²) in [7, 11) is 0. The summed E-state index contributed by atoms with van der Waals surface area (Å²) in [5.41, 5.74) is 6.54. The summed E-state index contributed by atoms with van der Waals surface area (Å²) in [6, 6.07) is 3.24. The Labute approximate surface area is 235 Å². The Morgan fingerprint density at radius 1 is 0.750 bits per heavy atom. The third-order valence-corrected chi connectivity index (χ3v) is 5.86. The molecule has 0 aliphatic rings. The molecule has 12 nitrogen and oxygen atoms in total. The molecule has 1 rings (SSSR count). The molecule has 0 aliphatic heterocycles. The summed E-state index contributed by atoms with van der Waals surface area (Å²) in [6.45, 7) is 12.4. The normalized spacial score (nSPS) is 14.5. The van der Waals surface area contributed by atoms with Crippen LogP contribution in [0.2, 0.25) is 0 Å². The molecule has 0 aliphatic carbocycles. The molecule has 0 saturated heterocycles. The number of nitrogens with two attached hydrogens (primary N) is 1. The van der Waals surface area contributed by atoms with Crippen LogP contribution in [0.4, 0.5) is 14.4 Å². The second kappa shape index (κ2) is 17.9. The maximum atomic E-state index is 12.6. The van der Waals surface area contributed by atoms with E-state index in [0.29, 0.717) is 24.8 Å². The molecule has 0 aromatic heterocycles. The van der Waals surface area contributed by atoms with E-state index in [1.165, 1.54) is 12.1 Å². The standard InChI is InChI=1S/C28H43NO11/c1-8-11-14-34-26(31)38-20(7)19(6)37-25(30)22(29)15-21-12-13-23(39-27(32)35-17(4)9-2)24(16-21)40-28(33)36-18(5)10-3/h12-13,16-20,22H,8-11,14-15,29H2,1-7H3/t17?,18?,19-,20-,22-/m0/s1. The first kappa shape index (κ1) is 34.5. The van der Waals surface area contributed by atoms with Gasteiger partial charge in [0.1, 0.15) is 30.5 Å². The quantitative estimate of drug-likeness (QED) is 0.123. The highest BCUT2D eigenvalue weighted by Crippen LogP contribution is 2.30. The van der Waals surface area contributed by atoms with Gasteiger partial charge < -0.3 is 38.9 Å². The molecule has 40 heavy (non-hydrogen) atoms. The van der Waals surface area contributed by atoms with Crippen LogP contribution in [0, 0.1) is 0 Å². The highest BCUT2D eigenvalue weighted by molar-refractivity contribution is 5.76. The van der Waals surface area contributed by atoms with Gasteiger partial charge in [0.2, 0.25) is 0 Å². The average Bonchev–Trinajstić information content (AvgIpc) is 2.89. The number of hydrogen-bond donors (Lipinski definition) is 1. The first-order chi connectivity index (χ1) is 18.9. The van der Waals surface area contributed by atoms with E-state index in [4.69, 9.17) is 38.9 Å². The molecule has 1 aromatic rings. The van der Waals surface area contributed by atoms with Gasteiger partial charge in [-0.2, -0.15) is 0 Å². The molecule has 2 N–H and O–H groups in total. The van der Waals surface area contributed by atoms with Crippen LogP contribution in [0.15, 0.2) is 18.2 Å². The van der Waals surface area contributed by atoms with E-state index >= 15 is 0 Å². The number of benzene rings is 1. The van der Waals surface area contributed by atoms with Gasteiger partial charge in [0, 0.05) is 0 Å². The number of rotatable bonds is 15. The van der Waals surface area contributed by atoms with Gasteiger partial charge >= 0.3 is 24.4 Å². The second-order valence-corrected chi connectivity index (χ2v) is 9.39. The van der Waals surface area contributed by atoms with Crippen molar-refractivity contribution < 1.29 is 52.3 Å². The average molecular weight is 570 g/mol. The van der Waals surface area contributed by atoms with E-state index in [1.807, 2.05) is 20.8 Å². The van der Waals surface area contributed by atoms with Crippen LogP contribution in [-0.4, -0.2) is 61.5 Å². The number of carbonyl (C=O) groups excluding carboxylic acids is 4. The van der Waals surface area contributed by atoms with Crippen molar-refractivity contribution in [3.8, 4) is 11.5 Å². The molecule has 226 valence electrons. The molecule has 0 heterocycles. The highest BCUT2D eigenvalue weighted by atomic mass is 16.8. The van der Waals surface area contributed by atoms with Crippen LogP contribution >= 0.6 is 0 Å². The summed E-state index contributed by atoms with van der Waals surface area (Å²) in [5, 5.41) is 0. The van der Waals surface area contributed by atoms with Gasteiger partial charge in [0.25, 0.3) is 0 Å². The molecule has 2 unspecified atom stereocenters. The number of unbranched alkanes of at least 4 members (excludes halogenated alkanes) is 1. The first-order valence-corrected chi connectivity index (χ1v) is 13.6. The van der Waals surface area contributed by atoms with Crippen molar-refractivity contribution in [1.29, 1.82) is 0 Å². The molecular formula is C28H43NO11. The van der Waals surface area contributed by atoms with E-state index < -0.39 is 48.8 Å². The van der Waals surface area contributed by atoms with Gasteiger partial charge in [-0.05, 0) is 71.1 Å². The zero-order chi connectivity index (χ0) is 30.2. The Morgan fingerprint density at radius 2 is 1.30 bits per heavy atom. The van der Waals surface area contributed by atoms with E-state index in [9.17, 15) is 19.2 Å². The van der Waals surface area contributed by atoms with Crippen LogP contribution in [0.1, 0.15) is 79.7 Å². The van der Waals surface area contributed by atoms with Crippen molar-refractivity contribution in [2.45, 2.75) is 111 Å². The largest absolute Gasteiger partial charge is 0.514 e. The van der Waals surface area contributed by atoms with Gasteiger partial charge in [0.05, 0.1) is 6.61 Å². The van der Waals surface area contributed by atoms with Gasteiger partial charge in [-0.25, -0.2) is 14.4 Å². The summed E-state index contributed by atoms with van der Waals surface area (Å²) >= 11 is 0. The Balaban J connectivity index is 2.90. The summed E-state index contributed by atoms with van der Waals surface area (Å²) in [5.74, 6) is -0.942. The van der Waals surface area contributed by atoms with Crippen LogP contribution in [0.5, 0.6) is 11.5 Å². The van der Waals surface area contributed by atoms with Gasteiger partial charge in [-0.3, -0.25) is 4.79 Å². The van der Waals surface area contributed by atoms with Crippen LogP contribution in [0.3, 0.4) is 0 Å². The Bertz CT molecular complexity index is 968. The van der Waals surface area contributed by atoms with E-state index in [-0.39, 0.29) is 30.6 Å². The maximum Gasteiger partial charge on any atom is 0.514 e. The van der Waals surface area contributed by atoms with Crippen molar-refractivity contribution in [1.82, 2.24) is 0 Å². The lowest BCUT2D eigenvalue weighted by molar-refractivity contribution is -0.155. The fraction of sp³-hybridized carbons (Fsp3) is 0.643. The molecule has 0 spiro atoms. The van der Waals surface area contributed by atoms with E-state index in [1.54, 1.807) is 33.8 Å². The molecule has 5 atom stereocenters. The maximum absolute atomic E-state index is 12.6. The highest BCUT2D eigenvalue weighted by Gasteiger charge is 2.26. The van der Waals surface area contributed by atoms with Crippen molar-refractivity contribution in [2.24, 2.45) is 5.73 Å². The number of ether oxygens (including phenoxy) is 7. The molecular weight excluding hydrogens is 526 g/mol. The fourth-order valence-electron chi connectivity index (χ4n) is 2.85. The second-order valence-electron chi connectivity index (χ2n) is 9.39. The lowest BCUT2D eigenvalue weighted by atomic mass is 10.1. The zero-order valence-electron chi connectivity index (χ0n) is 24.4.